The number of hydrogen-bond acceptors (Lipinski definition) is 7. The van der Waals surface area contributed by atoms with Crippen molar-refractivity contribution in [3.8, 4) is 5.75 Å². The average Bonchev–Trinajstić information content (AvgIpc) is 3.05. The quantitative estimate of drug-likeness (QED) is 0.488. The molecule has 8 nitrogen and oxygen atoms in total. The van der Waals surface area contributed by atoms with Crippen molar-refractivity contribution in [3.05, 3.63) is 65.7 Å². The first-order chi connectivity index (χ1) is 16.8. The molecule has 2 aromatic rings. The van der Waals surface area contributed by atoms with E-state index in [1.165, 1.54) is 25.0 Å². The number of piperidine rings is 1. The van der Waals surface area contributed by atoms with Crippen LogP contribution in [0.4, 0.5) is 0 Å². The van der Waals surface area contributed by atoms with Crippen LogP contribution in [0.1, 0.15) is 49.8 Å². The summed E-state index contributed by atoms with van der Waals surface area (Å²) in [5.74, 6) is -1.32. The molecule has 0 spiro atoms. The molecule has 2 aromatic carbocycles. The lowest BCUT2D eigenvalue weighted by atomic mass is 10.0. The van der Waals surface area contributed by atoms with Gasteiger partial charge in [0.2, 0.25) is 0 Å². The number of phenols is 1. The van der Waals surface area contributed by atoms with Crippen LogP contribution in [0.25, 0.3) is 0 Å². The molecule has 3 unspecified atom stereocenters. The summed E-state index contributed by atoms with van der Waals surface area (Å²) in [6, 6.07) is 16.4. The molecule has 0 radical (unpaired) electrons. The summed E-state index contributed by atoms with van der Waals surface area (Å²) in [6.45, 7) is 2.13. The highest BCUT2D eigenvalue weighted by atomic mass is 16.6. The fourth-order valence-electron chi connectivity index (χ4n) is 4.72. The van der Waals surface area contributed by atoms with Gasteiger partial charge in [-0.2, -0.15) is 0 Å². The van der Waals surface area contributed by atoms with E-state index in [1.807, 2.05) is 18.2 Å². The summed E-state index contributed by atoms with van der Waals surface area (Å²) in [5.41, 5.74) is 1.42. The molecular formula is C27H35NO7. The zero-order valence-electron chi connectivity index (χ0n) is 20.2. The standard InChI is InChI=1S/C16H21NO3.C11H14O4/c1-17-12-7-8-13(17)10-14(9-12)20-16(19)15(18)11-5-3-2-4-6-11;1-2-15-10(11(13)14)7-8-3-5-9(12)6-4-8/h2-6,12-15,18H,7-10H2,1H3;3-6,10,12H,2,7H2,1H3,(H,13,14)/t12-,13+,14?,15?;. The second-order valence-corrected chi connectivity index (χ2v) is 9.05. The molecule has 5 atom stereocenters. The Morgan fingerprint density at radius 1 is 1.03 bits per heavy atom. The predicted molar refractivity (Wildman–Crippen MR) is 130 cm³/mol. The summed E-state index contributed by atoms with van der Waals surface area (Å²) in [7, 11) is 2.15. The molecular weight excluding hydrogens is 450 g/mol. The number of carbonyl (C=O) groups excluding carboxylic acids is 1. The van der Waals surface area contributed by atoms with E-state index in [2.05, 4.69) is 11.9 Å². The first-order valence-electron chi connectivity index (χ1n) is 12.1. The third-order valence-corrected chi connectivity index (χ3v) is 6.68. The van der Waals surface area contributed by atoms with Crippen LogP contribution in [-0.2, 0) is 25.5 Å². The van der Waals surface area contributed by atoms with Crippen molar-refractivity contribution in [1.82, 2.24) is 4.90 Å². The number of aliphatic hydroxyl groups excluding tert-OH is 1. The average molecular weight is 486 g/mol. The number of nitrogens with zero attached hydrogens (tertiary/aromatic N) is 1. The van der Waals surface area contributed by atoms with Crippen LogP contribution in [0, 0.1) is 0 Å². The number of carbonyl (C=O) groups is 2. The minimum absolute atomic E-state index is 0.0467. The number of benzene rings is 2. The monoisotopic (exact) mass is 485 g/mol. The lowest BCUT2D eigenvalue weighted by Crippen LogP contribution is -2.43. The lowest BCUT2D eigenvalue weighted by Gasteiger charge is -2.36. The van der Waals surface area contributed by atoms with Gasteiger partial charge in [-0.1, -0.05) is 42.5 Å². The van der Waals surface area contributed by atoms with Crippen molar-refractivity contribution in [2.24, 2.45) is 0 Å². The Hall–Kier alpha value is -2.94. The van der Waals surface area contributed by atoms with Crippen LogP contribution in [0.5, 0.6) is 5.75 Å². The van der Waals surface area contributed by atoms with Gasteiger partial charge < -0.3 is 29.7 Å². The van der Waals surface area contributed by atoms with Crippen molar-refractivity contribution in [1.29, 1.82) is 0 Å². The Bertz CT molecular complexity index is 936. The van der Waals surface area contributed by atoms with E-state index < -0.39 is 24.1 Å². The molecule has 0 saturated carbocycles. The molecule has 0 aromatic heterocycles. The molecule has 0 aliphatic carbocycles. The van der Waals surface area contributed by atoms with Gasteiger partial charge >= 0.3 is 11.9 Å². The summed E-state index contributed by atoms with van der Waals surface area (Å²) < 4.78 is 10.6. The molecule has 3 N–H and O–H groups in total. The lowest BCUT2D eigenvalue weighted by molar-refractivity contribution is -0.162. The molecule has 2 bridgehead atoms. The Balaban J connectivity index is 0.000000205. The van der Waals surface area contributed by atoms with E-state index >= 15 is 0 Å². The van der Waals surface area contributed by atoms with Crippen LogP contribution < -0.4 is 0 Å². The highest BCUT2D eigenvalue weighted by Gasteiger charge is 2.40. The van der Waals surface area contributed by atoms with E-state index in [0.29, 0.717) is 30.7 Å². The fourth-order valence-corrected chi connectivity index (χ4v) is 4.72. The van der Waals surface area contributed by atoms with Gasteiger partial charge in [0.05, 0.1) is 0 Å². The van der Waals surface area contributed by atoms with E-state index in [9.17, 15) is 14.7 Å². The van der Waals surface area contributed by atoms with Gasteiger partial charge in [0.1, 0.15) is 11.9 Å². The van der Waals surface area contributed by atoms with E-state index in [0.717, 1.165) is 18.4 Å². The van der Waals surface area contributed by atoms with Gasteiger partial charge in [0, 0.05) is 25.1 Å². The van der Waals surface area contributed by atoms with Gasteiger partial charge in [0.25, 0.3) is 0 Å². The maximum Gasteiger partial charge on any atom is 0.339 e. The number of carboxylic acids is 1. The van der Waals surface area contributed by atoms with E-state index in [1.54, 1.807) is 31.2 Å². The number of rotatable bonds is 8. The van der Waals surface area contributed by atoms with Crippen molar-refractivity contribution >= 4 is 11.9 Å². The molecule has 35 heavy (non-hydrogen) atoms. The number of hydrogen-bond donors (Lipinski definition) is 3. The van der Waals surface area contributed by atoms with Gasteiger partial charge in [-0.15, -0.1) is 0 Å². The number of carboxylic acid groups (broad SMARTS) is 1. The third-order valence-electron chi connectivity index (χ3n) is 6.68. The molecule has 2 aliphatic rings. The Labute approximate surface area is 206 Å². The van der Waals surface area contributed by atoms with Crippen molar-refractivity contribution in [3.63, 3.8) is 0 Å². The highest BCUT2D eigenvalue weighted by molar-refractivity contribution is 5.76. The Kier molecular flexibility index (Phi) is 9.65. The summed E-state index contributed by atoms with van der Waals surface area (Å²) in [4.78, 5) is 25.2. The number of aromatic hydroxyl groups is 1. The fraction of sp³-hybridized carbons (Fsp3) is 0.481. The van der Waals surface area contributed by atoms with E-state index in [-0.39, 0.29) is 11.9 Å². The highest BCUT2D eigenvalue weighted by Crippen LogP contribution is 2.35. The van der Waals surface area contributed by atoms with E-state index in [4.69, 9.17) is 19.7 Å². The molecule has 2 aliphatic heterocycles. The zero-order valence-corrected chi connectivity index (χ0v) is 20.2. The van der Waals surface area contributed by atoms with Crippen LogP contribution >= 0.6 is 0 Å². The third kappa shape index (κ3) is 7.52. The van der Waals surface area contributed by atoms with Crippen LogP contribution in [-0.4, -0.2) is 70.1 Å². The largest absolute Gasteiger partial charge is 0.508 e. The number of aliphatic hydroxyl groups is 1. The first-order valence-corrected chi connectivity index (χ1v) is 12.1. The normalized spacial score (nSPS) is 23.0. The number of phenolic OH excluding ortho intramolecular Hbond substituents is 1. The van der Waals surface area contributed by atoms with Gasteiger partial charge in [0.15, 0.2) is 12.2 Å². The van der Waals surface area contributed by atoms with Crippen molar-refractivity contribution in [2.75, 3.05) is 13.7 Å². The van der Waals surface area contributed by atoms with Crippen LogP contribution in [0.15, 0.2) is 54.6 Å². The maximum absolute atomic E-state index is 12.0. The zero-order chi connectivity index (χ0) is 25.4. The number of ether oxygens (including phenoxy) is 2. The van der Waals surface area contributed by atoms with Gasteiger partial charge in [-0.3, -0.25) is 0 Å². The minimum Gasteiger partial charge on any atom is -0.508 e. The number of esters is 1. The molecule has 190 valence electrons. The van der Waals surface area contributed by atoms with Crippen LogP contribution in [0.3, 0.4) is 0 Å². The molecule has 8 heteroatoms. The summed E-state index contributed by atoms with van der Waals surface area (Å²) >= 11 is 0. The smallest absolute Gasteiger partial charge is 0.339 e. The van der Waals surface area contributed by atoms with Crippen molar-refractivity contribution in [2.45, 2.75) is 69.4 Å². The Morgan fingerprint density at radius 2 is 1.63 bits per heavy atom. The second kappa shape index (κ2) is 12.7. The van der Waals surface area contributed by atoms with Gasteiger partial charge in [-0.05, 0) is 62.9 Å². The molecule has 2 fully saturated rings. The first kappa shape index (κ1) is 26.7. The molecule has 2 saturated heterocycles. The topological polar surface area (TPSA) is 117 Å². The molecule has 4 rings (SSSR count). The molecule has 0 amide bonds. The second-order valence-electron chi connectivity index (χ2n) is 9.05. The summed E-state index contributed by atoms with van der Waals surface area (Å²) in [5, 5.41) is 27.9. The van der Waals surface area contributed by atoms with Crippen LogP contribution in [0.2, 0.25) is 0 Å². The minimum atomic E-state index is -1.17. The molecule has 2 heterocycles. The predicted octanol–water partition coefficient (Wildman–Crippen LogP) is 3.31. The summed E-state index contributed by atoms with van der Waals surface area (Å²) in [6.07, 6.45) is 2.43. The van der Waals surface area contributed by atoms with Gasteiger partial charge in [-0.25, -0.2) is 9.59 Å². The number of aliphatic carboxylic acids is 1. The Morgan fingerprint density at radius 3 is 2.17 bits per heavy atom. The maximum atomic E-state index is 12.0. The van der Waals surface area contributed by atoms with Crippen molar-refractivity contribution < 1.29 is 34.4 Å². The SMILES string of the molecule is CCOC(Cc1ccc(O)cc1)C(=O)O.CN1[C@@H]2CC[C@H]1CC(OC(=O)C(O)c1ccccc1)C2. The number of fused-ring (bicyclic) bond motifs is 2.